The Bertz CT molecular complexity index is 1740. The number of imidazole rings is 1. The number of primary amides is 1. The Labute approximate surface area is 268 Å². The number of phosphoric ester groups is 3. The first-order valence-electron chi connectivity index (χ1n) is 13.5. The fourth-order valence-electron chi connectivity index (χ4n) is 4.93. The maximum absolute atomic E-state index is 12.6. The number of nitrogens with zero attached hydrogens (tertiary/aromatic N) is 5. The third kappa shape index (κ3) is 8.17. The lowest BCUT2D eigenvalue weighted by molar-refractivity contribution is -0.115. The quantitative estimate of drug-likeness (QED) is 0.0951. The van der Waals surface area contributed by atoms with Crippen molar-refractivity contribution in [2.45, 2.75) is 55.5 Å². The summed E-state index contributed by atoms with van der Waals surface area (Å²) in [5.41, 5.74) is 11.3. The topological polar surface area (TPSA) is 364 Å². The Morgan fingerprint density at radius 3 is 2.19 bits per heavy atom. The molecule has 2 unspecified atom stereocenters. The summed E-state index contributed by atoms with van der Waals surface area (Å²) in [6.45, 7) is -2.02. The molecule has 2 aromatic rings. The SMILES string of the molecule is NC(=O)C1=CN([C@@H]2O[C@H](COP(=O)(O)OP(=O)(O)OC[C@H]3O[C@@H](n4cnc5c(N)ncnc54)[C@H](OP(=O)(O)O)[C@@H]3O)[C@H](O)[C@@H]2O)C=CC1. The van der Waals surface area contributed by atoms with Crippen molar-refractivity contribution in [3.8, 4) is 0 Å². The molecule has 3 aliphatic rings. The Hall–Kier alpha value is -2.73. The van der Waals surface area contributed by atoms with E-state index in [0.717, 1.165) is 17.2 Å². The molecule has 27 heteroatoms. The van der Waals surface area contributed by atoms with Gasteiger partial charge in [-0.2, -0.15) is 4.31 Å². The Morgan fingerprint density at radius 1 is 0.938 bits per heavy atom. The summed E-state index contributed by atoms with van der Waals surface area (Å²) in [6.07, 6.45) is -6.47. The summed E-state index contributed by atoms with van der Waals surface area (Å²) >= 11 is 0. The predicted octanol–water partition coefficient (Wildman–Crippen LogP) is -2.57. The molecule has 266 valence electrons. The van der Waals surface area contributed by atoms with Crippen molar-refractivity contribution in [1.82, 2.24) is 24.4 Å². The van der Waals surface area contributed by atoms with Gasteiger partial charge < -0.3 is 60.7 Å². The van der Waals surface area contributed by atoms with Crippen molar-refractivity contribution in [1.29, 1.82) is 0 Å². The van der Waals surface area contributed by atoms with Gasteiger partial charge in [-0.15, -0.1) is 0 Å². The van der Waals surface area contributed by atoms with Crippen molar-refractivity contribution < 1.29 is 80.7 Å². The lowest BCUT2D eigenvalue weighted by atomic mass is 10.1. The number of carbonyl (C=O) groups excluding carboxylic acids is 1. The molecular formula is C21H30N7O17P3. The van der Waals surface area contributed by atoms with Crippen LogP contribution in [-0.4, -0.2) is 121 Å². The number of hydrogen-bond acceptors (Lipinski definition) is 18. The highest BCUT2D eigenvalue weighted by Crippen LogP contribution is 2.61. The number of anilines is 1. The van der Waals surface area contributed by atoms with Crippen LogP contribution in [0.1, 0.15) is 12.6 Å². The standard InChI is InChI=1S/C21H30N7O17P3/c22-17-12-19(25-7-24-17)28(8-26-12)21-16(44-46(33,34)35)14(30)11(43-21)6-41-48(38,39)45-47(36,37)40-5-10-13(29)15(31)20(42-10)27-3-1-2-9(4-27)18(23)32/h1,3-4,7-8,10-11,13-16,20-21,29-31H,2,5-6H2,(H2,23,32)(H,36,37)(H,38,39)(H2,22,24,25)(H2,33,34,35)/t10-,11-,13+,14-,15+,16-,20-,21-/m1/s1. The minimum atomic E-state index is -5.52. The number of fused-ring (bicyclic) bond motifs is 1. The van der Waals surface area contributed by atoms with Gasteiger partial charge in [0.15, 0.2) is 23.9 Å². The van der Waals surface area contributed by atoms with Crippen molar-refractivity contribution >= 4 is 46.4 Å². The van der Waals surface area contributed by atoms with Gasteiger partial charge in [0.25, 0.3) is 0 Å². The molecule has 0 aromatic carbocycles. The second-order valence-electron chi connectivity index (χ2n) is 10.4. The van der Waals surface area contributed by atoms with E-state index in [-0.39, 0.29) is 29.0 Å². The van der Waals surface area contributed by atoms with Crippen LogP contribution in [0.15, 0.2) is 36.7 Å². The maximum Gasteiger partial charge on any atom is 0.481 e. The average Bonchev–Trinajstić information content (AvgIpc) is 3.64. The highest BCUT2D eigenvalue weighted by molar-refractivity contribution is 7.61. The number of aromatic nitrogens is 4. The van der Waals surface area contributed by atoms with E-state index < -0.39 is 91.7 Å². The summed E-state index contributed by atoms with van der Waals surface area (Å²) in [5.74, 6) is -0.791. The number of allylic oxidation sites excluding steroid dienone is 1. The number of aliphatic hydroxyl groups excluding tert-OH is 3. The molecule has 2 saturated heterocycles. The number of rotatable bonds is 13. The van der Waals surface area contributed by atoms with Crippen molar-refractivity contribution in [3.63, 3.8) is 0 Å². The molecule has 5 heterocycles. The highest BCUT2D eigenvalue weighted by atomic mass is 31.3. The zero-order valence-corrected chi connectivity index (χ0v) is 26.8. The first-order valence-corrected chi connectivity index (χ1v) is 18.0. The zero-order chi connectivity index (χ0) is 35.2. The summed E-state index contributed by atoms with van der Waals surface area (Å²) in [4.78, 5) is 63.4. The number of aliphatic hydroxyl groups is 3. The molecule has 5 rings (SSSR count). The number of ether oxygens (including phenoxy) is 2. The Morgan fingerprint density at radius 2 is 1.56 bits per heavy atom. The van der Waals surface area contributed by atoms with Gasteiger partial charge in [0.1, 0.15) is 48.5 Å². The smallest absolute Gasteiger partial charge is 0.387 e. The van der Waals surface area contributed by atoms with Crippen LogP contribution in [-0.2, 0) is 45.8 Å². The van der Waals surface area contributed by atoms with Crippen LogP contribution in [0.2, 0.25) is 0 Å². The van der Waals surface area contributed by atoms with Gasteiger partial charge in [0, 0.05) is 18.0 Å². The van der Waals surface area contributed by atoms with Crippen LogP contribution in [0.5, 0.6) is 0 Å². The van der Waals surface area contributed by atoms with E-state index in [4.69, 9.17) is 30.0 Å². The van der Waals surface area contributed by atoms with Gasteiger partial charge in [-0.1, -0.05) is 6.08 Å². The molecule has 10 atom stereocenters. The second-order valence-corrected chi connectivity index (χ2v) is 14.6. The molecule has 1 amide bonds. The Kier molecular flexibility index (Phi) is 10.6. The number of phosphoric acid groups is 3. The highest BCUT2D eigenvalue weighted by Gasteiger charge is 2.51. The molecule has 0 radical (unpaired) electrons. The van der Waals surface area contributed by atoms with E-state index >= 15 is 0 Å². The maximum atomic E-state index is 12.6. The average molecular weight is 745 g/mol. The fourth-order valence-corrected chi connectivity index (χ4v) is 7.57. The molecule has 2 aromatic heterocycles. The molecule has 0 spiro atoms. The molecule has 48 heavy (non-hydrogen) atoms. The van der Waals surface area contributed by atoms with Crippen LogP contribution in [0, 0.1) is 0 Å². The summed E-state index contributed by atoms with van der Waals surface area (Å²) in [6, 6.07) is 0. The van der Waals surface area contributed by atoms with E-state index in [0.29, 0.717) is 0 Å². The van der Waals surface area contributed by atoms with Crippen molar-refractivity contribution in [2.24, 2.45) is 5.73 Å². The Balaban J connectivity index is 1.20. The van der Waals surface area contributed by atoms with E-state index in [1.807, 2.05) is 0 Å². The van der Waals surface area contributed by atoms with Crippen molar-refractivity contribution in [3.05, 3.63) is 36.7 Å². The first kappa shape index (κ1) is 36.5. The molecule has 11 N–H and O–H groups in total. The van der Waals surface area contributed by atoms with E-state index in [2.05, 4.69) is 23.8 Å². The number of amides is 1. The first-order chi connectivity index (χ1) is 22.4. The molecular weight excluding hydrogens is 715 g/mol. The molecule has 0 saturated carbocycles. The third-order valence-corrected chi connectivity index (χ3v) is 10.2. The van der Waals surface area contributed by atoms with Gasteiger partial charge >= 0.3 is 23.5 Å². The fraction of sp³-hybridized carbons (Fsp3) is 0.524. The van der Waals surface area contributed by atoms with Crippen molar-refractivity contribution in [2.75, 3.05) is 18.9 Å². The third-order valence-electron chi connectivity index (χ3n) is 7.11. The minimum absolute atomic E-state index is 0.00424. The number of carbonyl (C=O) groups is 1. The van der Waals surface area contributed by atoms with Gasteiger partial charge in [-0.05, 0) is 6.42 Å². The van der Waals surface area contributed by atoms with E-state index in [1.54, 1.807) is 0 Å². The van der Waals surface area contributed by atoms with Gasteiger partial charge in [-0.25, -0.2) is 28.6 Å². The monoisotopic (exact) mass is 745 g/mol. The van der Waals surface area contributed by atoms with Gasteiger partial charge in [0.2, 0.25) is 5.91 Å². The van der Waals surface area contributed by atoms with Crippen LogP contribution < -0.4 is 11.5 Å². The van der Waals surface area contributed by atoms with Crippen LogP contribution in [0.4, 0.5) is 5.82 Å². The van der Waals surface area contributed by atoms with E-state index in [9.17, 15) is 53.4 Å². The molecule has 2 fully saturated rings. The summed E-state index contributed by atoms with van der Waals surface area (Å²) < 4.78 is 67.2. The number of nitrogens with two attached hydrogens (primary N) is 2. The molecule has 3 aliphatic heterocycles. The zero-order valence-electron chi connectivity index (χ0n) is 24.1. The lowest BCUT2D eigenvalue weighted by Crippen LogP contribution is -2.40. The van der Waals surface area contributed by atoms with Crippen LogP contribution in [0.25, 0.3) is 11.2 Å². The molecule has 0 bridgehead atoms. The number of hydrogen-bond donors (Lipinski definition) is 9. The normalized spacial score (nSPS) is 31.9. The minimum Gasteiger partial charge on any atom is -0.387 e. The summed E-state index contributed by atoms with van der Waals surface area (Å²) in [7, 11) is -16.3. The predicted molar refractivity (Wildman–Crippen MR) is 153 cm³/mol. The largest absolute Gasteiger partial charge is 0.481 e. The van der Waals surface area contributed by atoms with Gasteiger partial charge in [-0.3, -0.25) is 22.9 Å². The molecule has 24 nitrogen and oxygen atoms in total. The van der Waals surface area contributed by atoms with Crippen LogP contribution in [0.3, 0.4) is 0 Å². The van der Waals surface area contributed by atoms with Gasteiger partial charge in [0.05, 0.1) is 19.5 Å². The van der Waals surface area contributed by atoms with E-state index in [1.165, 1.54) is 23.4 Å². The summed E-state index contributed by atoms with van der Waals surface area (Å²) in [5, 5.41) is 31.5. The number of nitrogen functional groups attached to an aromatic ring is 1. The van der Waals surface area contributed by atoms with Crippen LogP contribution >= 0.6 is 23.5 Å². The second kappa shape index (κ2) is 13.9. The molecule has 0 aliphatic carbocycles. The lowest BCUT2D eigenvalue weighted by Gasteiger charge is -2.28.